The fraction of sp³-hybridized carbons (Fsp3) is 0.318. The minimum absolute atomic E-state index is 0.291. The number of hydrogen-bond donors (Lipinski definition) is 1. The minimum Gasteiger partial charge on any atom is -0.371 e. The first-order valence-corrected chi connectivity index (χ1v) is 10.2. The molecule has 0 saturated carbocycles. The Morgan fingerprint density at radius 3 is 2.73 bits per heavy atom. The van der Waals surface area contributed by atoms with E-state index in [4.69, 9.17) is 4.52 Å². The van der Waals surface area contributed by atoms with Crippen LogP contribution in [0.15, 0.2) is 53.3 Å². The highest BCUT2D eigenvalue weighted by Crippen LogP contribution is 2.30. The molecule has 0 spiro atoms. The molecular weight excluding hydrogens is 378 g/mol. The van der Waals surface area contributed by atoms with Gasteiger partial charge in [-0.2, -0.15) is 10.1 Å². The van der Waals surface area contributed by atoms with E-state index in [2.05, 4.69) is 48.2 Å². The number of pyridine rings is 1. The zero-order valence-corrected chi connectivity index (χ0v) is 16.8. The molecule has 0 amide bonds. The zero-order chi connectivity index (χ0) is 20.3. The van der Waals surface area contributed by atoms with Crippen molar-refractivity contribution in [3.63, 3.8) is 0 Å². The van der Waals surface area contributed by atoms with Crippen molar-refractivity contribution in [2.45, 2.75) is 32.1 Å². The first kappa shape index (κ1) is 18.5. The van der Waals surface area contributed by atoms with Crippen LogP contribution in [-0.4, -0.2) is 43.4 Å². The van der Waals surface area contributed by atoms with Crippen LogP contribution in [0.25, 0.3) is 11.4 Å². The first-order chi connectivity index (χ1) is 14.8. The summed E-state index contributed by atoms with van der Waals surface area (Å²) in [5.74, 6) is 3.04. The Labute approximate surface area is 174 Å². The van der Waals surface area contributed by atoms with Gasteiger partial charge in [0.05, 0.1) is 6.42 Å². The van der Waals surface area contributed by atoms with E-state index in [1.807, 2.05) is 42.7 Å². The molecule has 0 unspecified atom stereocenters. The molecule has 8 nitrogen and oxygen atoms in total. The number of aromatic amines is 1. The fourth-order valence-corrected chi connectivity index (χ4v) is 3.93. The van der Waals surface area contributed by atoms with Gasteiger partial charge in [0.1, 0.15) is 5.82 Å². The number of anilines is 1. The van der Waals surface area contributed by atoms with Gasteiger partial charge in [-0.1, -0.05) is 35.5 Å². The molecule has 4 aromatic rings. The molecule has 0 bridgehead atoms. The van der Waals surface area contributed by atoms with E-state index < -0.39 is 0 Å². The molecule has 4 heterocycles. The lowest BCUT2D eigenvalue weighted by atomic mass is 9.96. The van der Waals surface area contributed by atoms with Crippen LogP contribution in [0, 0.1) is 6.92 Å². The molecule has 152 valence electrons. The predicted molar refractivity (Wildman–Crippen MR) is 112 cm³/mol. The van der Waals surface area contributed by atoms with Crippen LogP contribution in [0.1, 0.15) is 41.9 Å². The summed E-state index contributed by atoms with van der Waals surface area (Å²) in [7, 11) is 0. The third-order valence-corrected chi connectivity index (χ3v) is 5.55. The second-order valence-corrected chi connectivity index (χ2v) is 7.62. The monoisotopic (exact) mass is 401 g/mol. The fourth-order valence-electron chi connectivity index (χ4n) is 3.93. The van der Waals surface area contributed by atoms with Crippen molar-refractivity contribution >= 4 is 5.69 Å². The lowest BCUT2D eigenvalue weighted by Gasteiger charge is -2.33. The lowest BCUT2D eigenvalue weighted by Crippen LogP contribution is -2.33. The average Bonchev–Trinajstić information content (AvgIpc) is 3.45. The lowest BCUT2D eigenvalue weighted by molar-refractivity contribution is 0.327. The van der Waals surface area contributed by atoms with Crippen molar-refractivity contribution in [1.82, 2.24) is 30.3 Å². The van der Waals surface area contributed by atoms with E-state index in [1.54, 1.807) is 0 Å². The van der Waals surface area contributed by atoms with Gasteiger partial charge >= 0.3 is 0 Å². The van der Waals surface area contributed by atoms with E-state index >= 15 is 0 Å². The normalized spacial score (nSPS) is 14.9. The van der Waals surface area contributed by atoms with Crippen LogP contribution < -0.4 is 4.90 Å². The highest BCUT2D eigenvalue weighted by Gasteiger charge is 2.26. The summed E-state index contributed by atoms with van der Waals surface area (Å²) in [6.45, 7) is 4.04. The molecule has 8 heteroatoms. The predicted octanol–water partition coefficient (Wildman–Crippen LogP) is 3.53. The summed E-state index contributed by atoms with van der Waals surface area (Å²) in [5, 5.41) is 11.4. The molecule has 3 aromatic heterocycles. The summed E-state index contributed by atoms with van der Waals surface area (Å²) >= 11 is 0. The molecular formula is C22H23N7O. The smallest absolute Gasteiger partial charge is 0.229 e. The summed E-state index contributed by atoms with van der Waals surface area (Å²) in [6, 6.07) is 12.0. The van der Waals surface area contributed by atoms with Gasteiger partial charge in [0.25, 0.3) is 0 Å². The Morgan fingerprint density at radius 1 is 1.10 bits per heavy atom. The van der Waals surface area contributed by atoms with Crippen LogP contribution in [0.5, 0.6) is 0 Å². The largest absolute Gasteiger partial charge is 0.371 e. The summed E-state index contributed by atoms with van der Waals surface area (Å²) in [4.78, 5) is 15.8. The van der Waals surface area contributed by atoms with E-state index in [9.17, 15) is 0 Å². The third-order valence-electron chi connectivity index (χ3n) is 5.55. The van der Waals surface area contributed by atoms with Crippen LogP contribution in [0.2, 0.25) is 0 Å². The van der Waals surface area contributed by atoms with Gasteiger partial charge in [-0.05, 0) is 31.4 Å². The Morgan fingerprint density at radius 2 is 1.93 bits per heavy atom. The SMILES string of the molecule is Cc1cnccc1N1CCC(c2nc(Cc3nc(-c4ccccc4)n[nH]3)no2)CC1. The number of H-pyrrole nitrogens is 1. The number of nitrogens with one attached hydrogen (secondary N) is 1. The number of aryl methyl sites for hydroxylation is 1. The first-order valence-electron chi connectivity index (χ1n) is 10.2. The van der Waals surface area contributed by atoms with Gasteiger partial charge < -0.3 is 9.42 Å². The molecule has 1 saturated heterocycles. The highest BCUT2D eigenvalue weighted by molar-refractivity contribution is 5.54. The van der Waals surface area contributed by atoms with Crippen molar-refractivity contribution in [2.24, 2.45) is 0 Å². The van der Waals surface area contributed by atoms with Crippen molar-refractivity contribution in [1.29, 1.82) is 0 Å². The summed E-state index contributed by atoms with van der Waals surface area (Å²) in [6.07, 6.45) is 6.22. The van der Waals surface area contributed by atoms with Crippen molar-refractivity contribution < 1.29 is 4.52 Å². The highest BCUT2D eigenvalue weighted by atomic mass is 16.5. The molecule has 1 aliphatic rings. The van der Waals surface area contributed by atoms with E-state index in [1.165, 1.54) is 11.3 Å². The van der Waals surface area contributed by atoms with Gasteiger partial charge in [0, 0.05) is 42.7 Å². The number of nitrogens with zero attached hydrogens (tertiary/aromatic N) is 6. The molecule has 1 fully saturated rings. The Hall–Kier alpha value is -3.55. The number of hydrogen-bond acceptors (Lipinski definition) is 7. The van der Waals surface area contributed by atoms with Crippen LogP contribution >= 0.6 is 0 Å². The van der Waals surface area contributed by atoms with E-state index in [-0.39, 0.29) is 0 Å². The Bertz CT molecular complexity index is 1110. The molecule has 0 atom stereocenters. The second kappa shape index (κ2) is 8.06. The van der Waals surface area contributed by atoms with Gasteiger partial charge in [0.15, 0.2) is 11.6 Å². The van der Waals surface area contributed by atoms with Crippen LogP contribution in [-0.2, 0) is 6.42 Å². The van der Waals surface area contributed by atoms with Gasteiger partial charge in [-0.3, -0.25) is 10.1 Å². The molecule has 30 heavy (non-hydrogen) atoms. The molecule has 0 radical (unpaired) electrons. The quantitative estimate of drug-likeness (QED) is 0.546. The molecule has 1 aromatic carbocycles. The standard InChI is InChI=1S/C22H23N7O/c1-15-14-23-10-7-18(15)29-11-8-17(9-12-29)22-25-20(28-30-22)13-19-24-21(27-26-19)16-5-3-2-4-6-16/h2-7,10,14,17H,8-9,11-13H2,1H3,(H,24,26,27). The number of piperidine rings is 1. The maximum absolute atomic E-state index is 5.58. The van der Waals surface area contributed by atoms with Gasteiger partial charge in [-0.25, -0.2) is 4.98 Å². The third kappa shape index (κ3) is 3.80. The zero-order valence-electron chi connectivity index (χ0n) is 16.8. The van der Waals surface area contributed by atoms with Gasteiger partial charge in [-0.15, -0.1) is 0 Å². The number of rotatable bonds is 5. The van der Waals surface area contributed by atoms with Gasteiger partial charge in [0.2, 0.25) is 5.89 Å². The molecule has 0 aliphatic carbocycles. The van der Waals surface area contributed by atoms with Crippen molar-refractivity contribution in [3.8, 4) is 11.4 Å². The van der Waals surface area contributed by atoms with Crippen LogP contribution in [0.4, 0.5) is 5.69 Å². The summed E-state index contributed by atoms with van der Waals surface area (Å²) < 4.78 is 5.58. The summed E-state index contributed by atoms with van der Waals surface area (Å²) in [5.41, 5.74) is 3.44. The Balaban J connectivity index is 1.22. The average molecular weight is 401 g/mol. The van der Waals surface area contributed by atoms with E-state index in [0.717, 1.165) is 43.2 Å². The second-order valence-electron chi connectivity index (χ2n) is 7.62. The Kier molecular flexibility index (Phi) is 4.96. The van der Waals surface area contributed by atoms with Crippen molar-refractivity contribution in [2.75, 3.05) is 18.0 Å². The maximum atomic E-state index is 5.58. The number of benzene rings is 1. The maximum Gasteiger partial charge on any atom is 0.229 e. The minimum atomic E-state index is 0.291. The van der Waals surface area contributed by atoms with Crippen LogP contribution in [0.3, 0.4) is 0 Å². The van der Waals surface area contributed by atoms with E-state index in [0.29, 0.717) is 24.0 Å². The molecule has 1 N–H and O–H groups in total. The molecule has 5 rings (SSSR count). The topological polar surface area (TPSA) is 96.6 Å². The number of aromatic nitrogens is 6. The molecule has 1 aliphatic heterocycles. The van der Waals surface area contributed by atoms with Crippen molar-refractivity contribution in [3.05, 3.63) is 71.9 Å².